The van der Waals surface area contributed by atoms with Gasteiger partial charge in [-0.25, -0.2) is 4.79 Å². The zero-order chi connectivity index (χ0) is 20.6. The summed E-state index contributed by atoms with van der Waals surface area (Å²) in [7, 11) is 0. The highest BCUT2D eigenvalue weighted by molar-refractivity contribution is 6.05. The molecule has 0 saturated carbocycles. The van der Waals surface area contributed by atoms with Gasteiger partial charge >= 0.3 is 6.09 Å². The first-order valence-electron chi connectivity index (χ1n) is 9.07. The number of hydrogen-bond acceptors (Lipinski definition) is 5. The number of amides is 2. The van der Waals surface area contributed by atoms with Crippen molar-refractivity contribution in [2.75, 3.05) is 11.1 Å². The van der Waals surface area contributed by atoms with Crippen LogP contribution in [0.3, 0.4) is 0 Å². The Hall–Kier alpha value is -3.87. The predicted molar refractivity (Wildman–Crippen MR) is 111 cm³/mol. The third kappa shape index (κ3) is 5.80. The highest BCUT2D eigenvalue weighted by Gasteiger charge is 2.09. The number of aryl methyl sites for hydroxylation is 1. The largest absolute Gasteiger partial charge is 0.445 e. The Morgan fingerprint density at radius 1 is 1.00 bits per heavy atom. The molecule has 0 unspecified atom stereocenters. The van der Waals surface area contributed by atoms with E-state index < -0.39 is 6.09 Å². The number of carbonyl (C=O) groups excluding carboxylic acids is 2. The first-order chi connectivity index (χ1) is 14.0. The van der Waals surface area contributed by atoms with Crippen LogP contribution >= 0.6 is 0 Å². The second kappa shape index (κ2) is 9.36. The third-order valence-corrected chi connectivity index (χ3v) is 4.24. The Bertz CT molecular complexity index is 986. The van der Waals surface area contributed by atoms with Crippen molar-refractivity contribution in [1.82, 2.24) is 10.3 Å². The molecule has 2 amide bonds. The van der Waals surface area contributed by atoms with Crippen LogP contribution < -0.4 is 16.4 Å². The standard InChI is InChI=1S/C22H22N4O3/c1-15-2-4-17(5-3-15)14-29-22(28)25-12-16-6-8-18(9-7-16)21(27)26-20-10-11-24-13-19(20)23/h2-11,13H,12,14,23H2,1H3,(H,25,28)(H,24,26,27). The van der Waals surface area contributed by atoms with Gasteiger partial charge in [0.25, 0.3) is 5.91 Å². The molecule has 7 heteroatoms. The van der Waals surface area contributed by atoms with Gasteiger partial charge in [-0.1, -0.05) is 42.0 Å². The van der Waals surface area contributed by atoms with Gasteiger partial charge in [0.1, 0.15) is 6.61 Å². The van der Waals surface area contributed by atoms with Crippen LogP contribution in [0.1, 0.15) is 27.0 Å². The summed E-state index contributed by atoms with van der Waals surface area (Å²) < 4.78 is 5.20. The Morgan fingerprint density at radius 3 is 2.38 bits per heavy atom. The number of anilines is 2. The van der Waals surface area contributed by atoms with Gasteiger partial charge in [0, 0.05) is 18.3 Å². The van der Waals surface area contributed by atoms with Crippen molar-refractivity contribution in [2.45, 2.75) is 20.1 Å². The van der Waals surface area contributed by atoms with E-state index in [2.05, 4.69) is 15.6 Å². The first-order valence-corrected chi connectivity index (χ1v) is 9.07. The van der Waals surface area contributed by atoms with E-state index in [1.165, 1.54) is 6.20 Å². The van der Waals surface area contributed by atoms with Crippen molar-refractivity contribution >= 4 is 23.4 Å². The number of ether oxygens (including phenoxy) is 1. The van der Waals surface area contributed by atoms with Crippen molar-refractivity contribution in [3.8, 4) is 0 Å². The molecule has 0 aliphatic carbocycles. The number of alkyl carbamates (subject to hydrolysis) is 1. The van der Waals surface area contributed by atoms with Crippen LogP contribution in [-0.2, 0) is 17.9 Å². The van der Waals surface area contributed by atoms with Crippen LogP contribution in [0.4, 0.5) is 16.2 Å². The van der Waals surface area contributed by atoms with Gasteiger partial charge in [0.15, 0.2) is 0 Å². The van der Waals surface area contributed by atoms with E-state index in [0.29, 0.717) is 23.5 Å². The number of aromatic nitrogens is 1. The van der Waals surface area contributed by atoms with Crippen LogP contribution in [0.5, 0.6) is 0 Å². The van der Waals surface area contributed by atoms with E-state index >= 15 is 0 Å². The van der Waals surface area contributed by atoms with E-state index in [1.54, 1.807) is 36.5 Å². The fourth-order valence-electron chi connectivity index (χ4n) is 2.55. The summed E-state index contributed by atoms with van der Waals surface area (Å²) in [5.74, 6) is -0.278. The van der Waals surface area contributed by atoms with Gasteiger partial charge < -0.3 is 21.1 Å². The number of nitrogens with zero attached hydrogens (tertiary/aromatic N) is 1. The lowest BCUT2D eigenvalue weighted by atomic mass is 10.1. The number of hydrogen-bond donors (Lipinski definition) is 3. The molecule has 0 saturated heterocycles. The molecule has 0 spiro atoms. The average Bonchev–Trinajstić information content (AvgIpc) is 2.74. The Kier molecular flexibility index (Phi) is 6.42. The molecule has 0 aliphatic heterocycles. The van der Waals surface area contributed by atoms with Crippen LogP contribution in [0.25, 0.3) is 0 Å². The predicted octanol–water partition coefficient (Wildman–Crippen LogP) is 3.65. The summed E-state index contributed by atoms with van der Waals surface area (Å²) >= 11 is 0. The zero-order valence-corrected chi connectivity index (χ0v) is 16.0. The molecule has 3 rings (SSSR count). The van der Waals surface area contributed by atoms with Gasteiger partial charge in [-0.15, -0.1) is 0 Å². The number of nitrogen functional groups attached to an aromatic ring is 1. The van der Waals surface area contributed by atoms with Crippen LogP contribution in [0.15, 0.2) is 67.0 Å². The molecule has 0 atom stereocenters. The molecule has 3 aromatic rings. The molecule has 29 heavy (non-hydrogen) atoms. The molecular formula is C22H22N4O3. The SMILES string of the molecule is Cc1ccc(COC(=O)NCc2ccc(C(=O)Nc3ccncc3N)cc2)cc1. The molecular weight excluding hydrogens is 368 g/mol. The summed E-state index contributed by atoms with van der Waals surface area (Å²) in [4.78, 5) is 28.0. The lowest BCUT2D eigenvalue weighted by Gasteiger charge is -2.09. The lowest BCUT2D eigenvalue weighted by molar-refractivity contribution is 0.102. The lowest BCUT2D eigenvalue weighted by Crippen LogP contribution is -2.23. The quantitative estimate of drug-likeness (QED) is 0.596. The van der Waals surface area contributed by atoms with E-state index in [4.69, 9.17) is 10.5 Å². The van der Waals surface area contributed by atoms with E-state index in [1.807, 2.05) is 31.2 Å². The minimum Gasteiger partial charge on any atom is -0.445 e. The van der Waals surface area contributed by atoms with Crippen LogP contribution in [0, 0.1) is 6.92 Å². The molecule has 0 fully saturated rings. The molecule has 4 N–H and O–H groups in total. The number of pyridine rings is 1. The maximum atomic E-state index is 12.3. The Labute approximate surface area is 168 Å². The zero-order valence-electron chi connectivity index (χ0n) is 16.0. The fourth-order valence-corrected chi connectivity index (χ4v) is 2.55. The topological polar surface area (TPSA) is 106 Å². The van der Waals surface area contributed by atoms with Crippen molar-refractivity contribution in [3.63, 3.8) is 0 Å². The fraction of sp³-hybridized carbons (Fsp3) is 0.136. The van der Waals surface area contributed by atoms with Crippen molar-refractivity contribution in [3.05, 3.63) is 89.2 Å². The number of nitrogens with one attached hydrogen (secondary N) is 2. The minimum absolute atomic E-state index is 0.212. The number of benzene rings is 2. The van der Waals surface area contributed by atoms with E-state index in [-0.39, 0.29) is 12.5 Å². The van der Waals surface area contributed by atoms with Gasteiger partial charge in [0.05, 0.1) is 17.6 Å². The van der Waals surface area contributed by atoms with Gasteiger partial charge in [-0.3, -0.25) is 9.78 Å². The normalized spacial score (nSPS) is 10.2. The molecule has 7 nitrogen and oxygen atoms in total. The monoisotopic (exact) mass is 390 g/mol. The summed E-state index contributed by atoms with van der Waals surface area (Å²) in [6.07, 6.45) is 2.53. The second-order valence-electron chi connectivity index (χ2n) is 6.53. The summed E-state index contributed by atoms with van der Waals surface area (Å²) in [5, 5.41) is 5.43. The highest BCUT2D eigenvalue weighted by Crippen LogP contribution is 2.16. The van der Waals surface area contributed by atoms with Gasteiger partial charge in [-0.2, -0.15) is 0 Å². The summed E-state index contributed by atoms with van der Waals surface area (Å²) in [6.45, 7) is 2.51. The second-order valence-corrected chi connectivity index (χ2v) is 6.53. The minimum atomic E-state index is -0.499. The molecule has 148 valence electrons. The average molecular weight is 390 g/mol. The molecule has 1 aromatic heterocycles. The van der Waals surface area contributed by atoms with Crippen molar-refractivity contribution in [1.29, 1.82) is 0 Å². The molecule has 2 aromatic carbocycles. The number of rotatable bonds is 6. The van der Waals surface area contributed by atoms with Gasteiger partial charge in [-0.05, 0) is 36.2 Å². The third-order valence-electron chi connectivity index (χ3n) is 4.24. The maximum absolute atomic E-state index is 12.3. The molecule has 1 heterocycles. The molecule has 0 radical (unpaired) electrons. The maximum Gasteiger partial charge on any atom is 0.407 e. The molecule has 0 bridgehead atoms. The highest BCUT2D eigenvalue weighted by atomic mass is 16.5. The van der Waals surface area contributed by atoms with E-state index in [0.717, 1.165) is 16.7 Å². The van der Waals surface area contributed by atoms with Crippen molar-refractivity contribution in [2.24, 2.45) is 0 Å². The van der Waals surface area contributed by atoms with Crippen LogP contribution in [-0.4, -0.2) is 17.0 Å². The van der Waals surface area contributed by atoms with Gasteiger partial charge in [0.2, 0.25) is 0 Å². The molecule has 0 aliphatic rings. The van der Waals surface area contributed by atoms with Crippen LogP contribution in [0.2, 0.25) is 0 Å². The van der Waals surface area contributed by atoms with E-state index in [9.17, 15) is 9.59 Å². The first kappa shape index (κ1) is 19.9. The Balaban J connectivity index is 1.47. The number of carbonyl (C=O) groups is 2. The number of nitrogens with two attached hydrogens (primary N) is 1. The smallest absolute Gasteiger partial charge is 0.407 e. The summed E-state index contributed by atoms with van der Waals surface area (Å²) in [5.41, 5.74) is 10.1. The van der Waals surface area contributed by atoms with Crippen molar-refractivity contribution < 1.29 is 14.3 Å². The Morgan fingerprint density at radius 2 is 1.69 bits per heavy atom. The summed E-state index contributed by atoms with van der Waals surface area (Å²) in [6, 6.07) is 16.3.